The van der Waals surface area contributed by atoms with Crippen molar-refractivity contribution < 1.29 is 13.2 Å². The van der Waals surface area contributed by atoms with Gasteiger partial charge in [-0.3, -0.25) is 0 Å². The normalized spacial score (nSPS) is 24.9. The second-order valence-corrected chi connectivity index (χ2v) is 9.60. The van der Waals surface area contributed by atoms with Crippen LogP contribution in [0.4, 0.5) is 4.79 Å². The molecule has 0 aromatic heterocycles. The predicted molar refractivity (Wildman–Crippen MR) is 108 cm³/mol. The van der Waals surface area contributed by atoms with Crippen LogP contribution in [0.1, 0.15) is 17.2 Å². The van der Waals surface area contributed by atoms with Gasteiger partial charge in [-0.15, -0.1) is 0 Å². The first kappa shape index (κ1) is 19.0. The molecule has 7 heteroatoms. The number of carbonyl (C=O) groups excluding carboxylic acids is 1. The molecular formula is C21H25N3O3S. The number of likely N-dealkylation sites (tertiary alicyclic amines) is 1. The zero-order chi connectivity index (χ0) is 19.7. The van der Waals surface area contributed by atoms with Crippen molar-refractivity contribution in [3.63, 3.8) is 0 Å². The highest BCUT2D eigenvalue weighted by Crippen LogP contribution is 2.46. The molecule has 0 unspecified atom stereocenters. The minimum absolute atomic E-state index is 0.0871. The Morgan fingerprint density at radius 1 is 1.00 bits per heavy atom. The van der Waals surface area contributed by atoms with Gasteiger partial charge in [0.15, 0.2) is 0 Å². The van der Waals surface area contributed by atoms with E-state index in [1.54, 1.807) is 4.31 Å². The topological polar surface area (TPSA) is 69.7 Å². The quantitative estimate of drug-likeness (QED) is 0.859. The monoisotopic (exact) mass is 399 g/mol. The maximum atomic E-state index is 12.7. The third-order valence-electron chi connectivity index (χ3n) is 5.76. The van der Waals surface area contributed by atoms with Crippen LogP contribution >= 0.6 is 0 Å². The molecule has 2 amide bonds. The number of urea groups is 1. The minimum atomic E-state index is -3.31. The number of amides is 2. The van der Waals surface area contributed by atoms with E-state index in [1.807, 2.05) is 65.6 Å². The van der Waals surface area contributed by atoms with Gasteiger partial charge in [-0.1, -0.05) is 60.7 Å². The van der Waals surface area contributed by atoms with Crippen molar-refractivity contribution in [2.75, 3.05) is 25.9 Å². The Morgan fingerprint density at radius 3 is 2.29 bits per heavy atom. The molecule has 2 aromatic carbocycles. The van der Waals surface area contributed by atoms with E-state index in [9.17, 15) is 13.2 Å². The molecule has 6 nitrogen and oxygen atoms in total. The number of fused-ring (bicyclic) bond motifs is 1. The molecule has 0 saturated carbocycles. The molecule has 2 heterocycles. The molecule has 2 saturated heterocycles. The van der Waals surface area contributed by atoms with E-state index in [0.717, 1.165) is 11.1 Å². The number of hydrogen-bond donors (Lipinski definition) is 1. The molecule has 0 radical (unpaired) electrons. The lowest BCUT2D eigenvalue weighted by atomic mass is 9.90. The Bertz CT molecular complexity index is 934. The van der Waals surface area contributed by atoms with Gasteiger partial charge in [0.05, 0.1) is 12.3 Å². The van der Waals surface area contributed by atoms with Crippen LogP contribution in [0.2, 0.25) is 0 Å². The number of nitrogens with zero attached hydrogens (tertiary/aromatic N) is 2. The Hall–Kier alpha value is -2.38. The first-order chi connectivity index (χ1) is 13.4. The predicted octanol–water partition coefficient (Wildman–Crippen LogP) is 2.46. The molecule has 28 heavy (non-hydrogen) atoms. The molecule has 0 spiro atoms. The van der Waals surface area contributed by atoms with Crippen molar-refractivity contribution in [2.45, 2.75) is 12.6 Å². The zero-order valence-electron chi connectivity index (χ0n) is 15.9. The van der Waals surface area contributed by atoms with Gasteiger partial charge in [-0.25, -0.2) is 13.2 Å². The highest BCUT2D eigenvalue weighted by molar-refractivity contribution is 7.88. The summed E-state index contributed by atoms with van der Waals surface area (Å²) in [5, 5.41) is 2.98. The molecule has 1 N–H and O–H groups in total. The number of hydrogen-bond acceptors (Lipinski definition) is 3. The summed E-state index contributed by atoms with van der Waals surface area (Å²) in [6, 6.07) is 19.3. The highest BCUT2D eigenvalue weighted by Gasteiger charge is 2.51. The van der Waals surface area contributed by atoms with Crippen LogP contribution in [0.3, 0.4) is 0 Å². The summed E-state index contributed by atoms with van der Waals surface area (Å²) in [6.07, 6.45) is 1.27. The SMILES string of the molecule is CS(=O)(=O)N1C[C@H]2CN(C(=O)NCc3ccccc3)C[C@H]2[C@@H]1c1ccccc1. The van der Waals surface area contributed by atoms with Crippen LogP contribution in [0.15, 0.2) is 60.7 Å². The summed E-state index contributed by atoms with van der Waals surface area (Å²) >= 11 is 0. The van der Waals surface area contributed by atoms with Gasteiger partial charge in [0.25, 0.3) is 0 Å². The van der Waals surface area contributed by atoms with Gasteiger partial charge < -0.3 is 10.2 Å². The van der Waals surface area contributed by atoms with Crippen LogP contribution < -0.4 is 5.32 Å². The van der Waals surface area contributed by atoms with Crippen LogP contribution in [0, 0.1) is 11.8 Å². The fraction of sp³-hybridized carbons (Fsp3) is 0.381. The minimum Gasteiger partial charge on any atom is -0.334 e. The molecule has 148 valence electrons. The van der Waals surface area contributed by atoms with Crippen LogP contribution in [0.5, 0.6) is 0 Å². The summed E-state index contributed by atoms with van der Waals surface area (Å²) in [6.45, 7) is 2.10. The third-order valence-corrected chi connectivity index (χ3v) is 6.99. The number of sulfonamides is 1. The van der Waals surface area contributed by atoms with E-state index in [1.165, 1.54) is 6.26 Å². The fourth-order valence-corrected chi connectivity index (χ4v) is 5.61. The summed E-state index contributed by atoms with van der Waals surface area (Å²) in [4.78, 5) is 14.5. The van der Waals surface area contributed by atoms with Crippen molar-refractivity contribution in [2.24, 2.45) is 11.8 Å². The Balaban J connectivity index is 1.48. The lowest BCUT2D eigenvalue weighted by Gasteiger charge is -2.28. The van der Waals surface area contributed by atoms with Crippen molar-refractivity contribution >= 4 is 16.1 Å². The first-order valence-electron chi connectivity index (χ1n) is 9.52. The molecule has 0 bridgehead atoms. The lowest BCUT2D eigenvalue weighted by molar-refractivity contribution is 0.200. The van der Waals surface area contributed by atoms with Gasteiger partial charge in [-0.2, -0.15) is 4.31 Å². The first-order valence-corrected chi connectivity index (χ1v) is 11.4. The Labute approximate surface area is 166 Å². The standard InChI is InChI=1S/C21H25N3O3S/c1-28(26,27)24-14-18-13-23(21(25)22-12-16-8-4-2-5-9-16)15-19(18)20(24)17-10-6-3-7-11-17/h2-11,18-20H,12-15H2,1H3,(H,22,25)/t18-,19-,20+/m1/s1. The van der Waals surface area contributed by atoms with Gasteiger partial charge in [0.2, 0.25) is 10.0 Å². The fourth-order valence-electron chi connectivity index (χ4n) is 4.46. The van der Waals surface area contributed by atoms with Gasteiger partial charge in [0, 0.05) is 32.1 Å². The van der Waals surface area contributed by atoms with E-state index in [0.29, 0.717) is 26.2 Å². The maximum Gasteiger partial charge on any atom is 0.317 e. The van der Waals surface area contributed by atoms with E-state index in [-0.39, 0.29) is 23.9 Å². The van der Waals surface area contributed by atoms with Crippen LogP contribution in [0.25, 0.3) is 0 Å². The van der Waals surface area contributed by atoms with Gasteiger partial charge in [0.1, 0.15) is 0 Å². The molecule has 2 fully saturated rings. The molecule has 0 aliphatic carbocycles. The highest BCUT2D eigenvalue weighted by atomic mass is 32.2. The molecule has 2 aliphatic heterocycles. The van der Waals surface area contributed by atoms with Crippen molar-refractivity contribution in [1.29, 1.82) is 0 Å². The zero-order valence-corrected chi connectivity index (χ0v) is 16.7. The largest absolute Gasteiger partial charge is 0.334 e. The summed E-state index contributed by atoms with van der Waals surface area (Å²) in [5.74, 6) is 0.266. The molecule has 2 aromatic rings. The number of carbonyl (C=O) groups is 1. The lowest BCUT2D eigenvalue weighted by Crippen LogP contribution is -2.41. The summed E-state index contributed by atoms with van der Waals surface area (Å²) in [7, 11) is -3.31. The van der Waals surface area contributed by atoms with E-state index in [2.05, 4.69) is 5.32 Å². The van der Waals surface area contributed by atoms with E-state index >= 15 is 0 Å². The number of benzene rings is 2. The molecular weight excluding hydrogens is 374 g/mol. The van der Waals surface area contributed by atoms with Gasteiger partial charge in [-0.05, 0) is 17.0 Å². The molecule has 3 atom stereocenters. The van der Waals surface area contributed by atoms with Crippen LogP contribution in [-0.2, 0) is 16.6 Å². The number of rotatable bonds is 4. The summed E-state index contributed by atoms with van der Waals surface area (Å²) < 4.78 is 26.3. The average Bonchev–Trinajstić information content (AvgIpc) is 3.25. The number of nitrogens with one attached hydrogen (secondary N) is 1. The van der Waals surface area contributed by atoms with Crippen molar-refractivity contribution in [3.8, 4) is 0 Å². The average molecular weight is 400 g/mol. The van der Waals surface area contributed by atoms with Gasteiger partial charge >= 0.3 is 6.03 Å². The Kier molecular flexibility index (Phi) is 5.12. The molecule has 4 rings (SSSR count). The van der Waals surface area contributed by atoms with Crippen molar-refractivity contribution in [1.82, 2.24) is 14.5 Å². The smallest absolute Gasteiger partial charge is 0.317 e. The Morgan fingerprint density at radius 2 is 1.64 bits per heavy atom. The second-order valence-electron chi connectivity index (χ2n) is 7.66. The van der Waals surface area contributed by atoms with E-state index < -0.39 is 10.0 Å². The van der Waals surface area contributed by atoms with Crippen LogP contribution in [-0.4, -0.2) is 49.5 Å². The van der Waals surface area contributed by atoms with E-state index in [4.69, 9.17) is 0 Å². The third kappa shape index (κ3) is 3.77. The maximum absolute atomic E-state index is 12.7. The summed E-state index contributed by atoms with van der Waals surface area (Å²) in [5.41, 5.74) is 2.05. The second kappa shape index (κ2) is 7.56. The molecule has 2 aliphatic rings. The van der Waals surface area contributed by atoms with Crippen molar-refractivity contribution in [3.05, 3.63) is 71.8 Å².